The molecule has 1 fully saturated rings. The molecule has 1 aliphatic heterocycles. The average Bonchev–Trinajstić information content (AvgIpc) is 2.32. The Morgan fingerprint density at radius 2 is 2.27 bits per heavy atom. The van der Waals surface area contributed by atoms with Crippen LogP contribution in [0.2, 0.25) is 0 Å². The van der Waals surface area contributed by atoms with E-state index in [1.165, 1.54) is 0 Å². The molecule has 1 saturated heterocycles. The molecule has 0 amide bonds. The van der Waals surface area contributed by atoms with Crippen molar-refractivity contribution in [1.82, 2.24) is 5.32 Å². The molecule has 0 radical (unpaired) electrons. The van der Waals surface area contributed by atoms with E-state index < -0.39 is 22.3 Å². The molecule has 1 heterocycles. The molecule has 62 valence electrons. The molecule has 0 bridgehead atoms. The fraction of sp³-hybridized carbons (Fsp3) is 0.600. The van der Waals surface area contributed by atoms with Crippen molar-refractivity contribution in [3.63, 3.8) is 0 Å². The third-order valence-corrected chi connectivity index (χ3v) is 2.37. The molecule has 5 nitrogen and oxygen atoms in total. The highest BCUT2D eigenvalue weighted by Gasteiger charge is 2.29. The molecule has 0 aromatic heterocycles. The largest absolute Gasteiger partial charge is 0.480 e. The van der Waals surface area contributed by atoms with Crippen molar-refractivity contribution in [2.24, 2.45) is 0 Å². The number of carboxylic acid groups (broad SMARTS) is 1. The molecule has 0 aromatic rings. The van der Waals surface area contributed by atoms with E-state index in [-0.39, 0.29) is 4.86 Å². The molecule has 2 N–H and O–H groups in total. The minimum atomic E-state index is -2.37. The fourth-order valence-corrected chi connectivity index (χ4v) is 1.65. The predicted octanol–water partition coefficient (Wildman–Crippen LogP) is -1.52. The molecule has 0 saturated carbocycles. The normalized spacial score (nSPS) is 23.6. The van der Waals surface area contributed by atoms with Crippen molar-refractivity contribution in [2.45, 2.75) is 12.5 Å². The van der Waals surface area contributed by atoms with E-state index in [2.05, 4.69) is 5.32 Å². The number of hydrogen-bond donors (Lipinski definition) is 2. The smallest absolute Gasteiger partial charge is 0.326 e. The Kier molecular flexibility index (Phi) is 2.25. The van der Waals surface area contributed by atoms with Crippen LogP contribution in [0.1, 0.15) is 6.42 Å². The van der Waals surface area contributed by atoms with Gasteiger partial charge in [-0.3, -0.25) is 10.1 Å². The van der Waals surface area contributed by atoms with Crippen molar-refractivity contribution in [2.75, 3.05) is 6.54 Å². The topological polar surface area (TPSA) is 83.5 Å². The van der Waals surface area contributed by atoms with Crippen LogP contribution in [0.25, 0.3) is 0 Å². The molecule has 1 unspecified atom stereocenters. The van der Waals surface area contributed by atoms with E-state index in [0.717, 1.165) is 0 Å². The minimum Gasteiger partial charge on any atom is -0.480 e. The third kappa shape index (κ3) is 1.58. The van der Waals surface area contributed by atoms with Gasteiger partial charge < -0.3 is 5.11 Å². The Hall–Kier alpha value is -0.880. The number of carboxylic acids is 1. The van der Waals surface area contributed by atoms with Crippen LogP contribution in [0.3, 0.4) is 0 Å². The third-order valence-electron chi connectivity index (χ3n) is 1.50. The van der Waals surface area contributed by atoms with Crippen LogP contribution in [-0.4, -0.2) is 36.9 Å². The summed E-state index contributed by atoms with van der Waals surface area (Å²) in [5.41, 5.74) is 0. The van der Waals surface area contributed by atoms with Gasteiger partial charge in [0.1, 0.15) is 6.04 Å². The number of hydrogen-bond acceptors (Lipinski definition) is 4. The number of carbonyl (C=O) groups is 1. The summed E-state index contributed by atoms with van der Waals surface area (Å²) in [6.07, 6.45) is 0.299. The zero-order valence-corrected chi connectivity index (χ0v) is 6.39. The predicted molar refractivity (Wildman–Crippen MR) is 38.0 cm³/mol. The van der Waals surface area contributed by atoms with Crippen LogP contribution in [0.4, 0.5) is 0 Å². The van der Waals surface area contributed by atoms with Gasteiger partial charge in [-0.15, -0.1) is 0 Å². The van der Waals surface area contributed by atoms with Gasteiger partial charge in [0, 0.05) is 6.54 Å². The molecule has 1 aliphatic rings. The summed E-state index contributed by atoms with van der Waals surface area (Å²) in [5, 5.41) is 11.0. The van der Waals surface area contributed by atoms with Crippen molar-refractivity contribution >= 4 is 21.1 Å². The summed E-state index contributed by atoms with van der Waals surface area (Å²) in [4.78, 5) is 10.4. The van der Waals surface area contributed by atoms with Crippen molar-refractivity contribution < 1.29 is 18.3 Å². The quantitative estimate of drug-likeness (QED) is 0.475. The van der Waals surface area contributed by atoms with E-state index in [4.69, 9.17) is 5.11 Å². The van der Waals surface area contributed by atoms with Gasteiger partial charge >= 0.3 is 5.97 Å². The molecule has 11 heavy (non-hydrogen) atoms. The lowest BCUT2D eigenvalue weighted by atomic mass is 10.2. The number of nitrogens with one attached hydrogen (secondary N) is 1. The van der Waals surface area contributed by atoms with Crippen molar-refractivity contribution in [1.29, 1.82) is 0 Å². The van der Waals surface area contributed by atoms with Crippen molar-refractivity contribution in [3.05, 3.63) is 0 Å². The summed E-state index contributed by atoms with van der Waals surface area (Å²) in [7, 11) is -2.37. The van der Waals surface area contributed by atoms with Gasteiger partial charge in [0.05, 0.1) is 4.86 Å². The molecule has 0 spiro atoms. The molecule has 1 atom stereocenters. The number of aliphatic carboxylic acids is 1. The molecule has 1 rings (SSSR count). The second kappa shape index (κ2) is 3.02. The minimum absolute atomic E-state index is 0.0394. The standard InChI is InChI=1S/C5H7NO4S/c7-5(8)4-3(11(9)10)1-2-6-4/h4,6H,1-2H2,(H,7,8). The van der Waals surface area contributed by atoms with Gasteiger partial charge in [-0.1, -0.05) is 0 Å². The van der Waals surface area contributed by atoms with Crippen LogP contribution >= 0.6 is 0 Å². The van der Waals surface area contributed by atoms with E-state index >= 15 is 0 Å². The first kappa shape index (κ1) is 8.22. The Morgan fingerprint density at radius 1 is 1.64 bits per heavy atom. The zero-order chi connectivity index (χ0) is 8.43. The monoisotopic (exact) mass is 177 g/mol. The highest BCUT2D eigenvalue weighted by atomic mass is 32.2. The summed E-state index contributed by atoms with van der Waals surface area (Å²) in [5.74, 6) is -1.14. The Labute approximate surface area is 64.6 Å². The van der Waals surface area contributed by atoms with Gasteiger partial charge in [-0.05, 0) is 6.42 Å². The van der Waals surface area contributed by atoms with Gasteiger partial charge in [0.25, 0.3) is 0 Å². The Morgan fingerprint density at radius 3 is 2.64 bits per heavy atom. The molecule has 0 aromatic carbocycles. The molecule has 0 aliphatic carbocycles. The maximum atomic E-state index is 10.4. The summed E-state index contributed by atoms with van der Waals surface area (Å²) in [6, 6.07) is -1.01. The fourth-order valence-electron chi connectivity index (χ4n) is 1.00. The van der Waals surface area contributed by atoms with E-state index in [0.29, 0.717) is 13.0 Å². The highest BCUT2D eigenvalue weighted by molar-refractivity contribution is 7.73. The zero-order valence-electron chi connectivity index (χ0n) is 5.57. The lowest BCUT2D eigenvalue weighted by molar-refractivity contribution is -0.137. The molecular weight excluding hydrogens is 170 g/mol. The maximum absolute atomic E-state index is 10.4. The lowest BCUT2D eigenvalue weighted by Crippen LogP contribution is -2.35. The summed E-state index contributed by atoms with van der Waals surface area (Å²) in [6.45, 7) is 0.417. The number of rotatable bonds is 1. The van der Waals surface area contributed by atoms with Gasteiger partial charge in [-0.2, -0.15) is 8.42 Å². The summed E-state index contributed by atoms with van der Waals surface area (Å²) < 4.78 is 20.8. The van der Waals surface area contributed by atoms with E-state index in [1.807, 2.05) is 0 Å². The van der Waals surface area contributed by atoms with Crippen molar-refractivity contribution in [3.8, 4) is 0 Å². The first-order chi connectivity index (χ1) is 5.13. The van der Waals surface area contributed by atoms with Gasteiger partial charge in [0.15, 0.2) is 0 Å². The highest BCUT2D eigenvalue weighted by Crippen LogP contribution is 2.01. The van der Waals surface area contributed by atoms with Crippen LogP contribution in [0.15, 0.2) is 0 Å². The first-order valence-corrected chi connectivity index (χ1v) is 4.11. The van der Waals surface area contributed by atoms with Crippen LogP contribution < -0.4 is 5.32 Å². The Bertz CT molecular complexity index is 296. The van der Waals surface area contributed by atoms with E-state index in [1.54, 1.807) is 0 Å². The Balaban J connectivity index is 3.01. The van der Waals surface area contributed by atoms with Crippen LogP contribution in [0, 0.1) is 0 Å². The van der Waals surface area contributed by atoms with Gasteiger partial charge in [0.2, 0.25) is 10.3 Å². The lowest BCUT2D eigenvalue weighted by Gasteiger charge is -2.00. The van der Waals surface area contributed by atoms with Gasteiger partial charge in [-0.25, -0.2) is 0 Å². The average molecular weight is 177 g/mol. The second-order valence-corrected chi connectivity index (χ2v) is 3.17. The molecular formula is C5H7NO4S. The van der Waals surface area contributed by atoms with E-state index in [9.17, 15) is 13.2 Å². The van der Waals surface area contributed by atoms with Crippen LogP contribution in [0.5, 0.6) is 0 Å². The first-order valence-electron chi connectivity index (χ1n) is 3.04. The maximum Gasteiger partial charge on any atom is 0.326 e. The second-order valence-electron chi connectivity index (χ2n) is 2.18. The summed E-state index contributed by atoms with van der Waals surface area (Å²) >= 11 is 0. The SMILES string of the molecule is O=C(O)C1NCCC1=S(=O)=O. The van der Waals surface area contributed by atoms with Crippen LogP contribution in [-0.2, 0) is 15.1 Å². The molecule has 6 heteroatoms.